The first-order valence-electron chi connectivity index (χ1n) is 10.3. The number of carbonyl (C=O) groups excluding carboxylic acids is 1. The van der Waals surface area contributed by atoms with E-state index in [4.69, 9.17) is 9.97 Å². The molecule has 4 aromatic rings. The maximum absolute atomic E-state index is 13.3. The Morgan fingerprint density at radius 3 is 2.77 bits per heavy atom. The van der Waals surface area contributed by atoms with Crippen LogP contribution in [-0.2, 0) is 17.1 Å². The first-order valence-corrected chi connectivity index (χ1v) is 12.5. The molecule has 1 amide bonds. The summed E-state index contributed by atoms with van der Waals surface area (Å²) < 4.78 is 3.32. The summed E-state index contributed by atoms with van der Waals surface area (Å²) >= 11 is 3.50. The van der Waals surface area contributed by atoms with Crippen molar-refractivity contribution >= 4 is 50.3 Å². The van der Waals surface area contributed by atoms with Crippen LogP contribution in [0.2, 0.25) is 0 Å². The summed E-state index contributed by atoms with van der Waals surface area (Å²) in [5, 5.41) is 1.16. The minimum atomic E-state index is 0.173. The van der Waals surface area contributed by atoms with Crippen LogP contribution in [0, 0.1) is 0 Å². The lowest BCUT2D eigenvalue weighted by atomic mass is 9.98. The molecule has 154 valence electrons. The van der Waals surface area contributed by atoms with Crippen LogP contribution in [0.5, 0.6) is 0 Å². The average Bonchev–Trinajstić information content (AvgIpc) is 3.36. The number of likely N-dealkylation sites (tertiary alicyclic amines) is 1. The summed E-state index contributed by atoms with van der Waals surface area (Å²) in [5.74, 6) is 2.27. The summed E-state index contributed by atoms with van der Waals surface area (Å²) in [6, 6.07) is 16.4. The van der Waals surface area contributed by atoms with E-state index in [1.54, 1.807) is 23.1 Å². The second kappa shape index (κ2) is 8.40. The molecule has 30 heavy (non-hydrogen) atoms. The predicted molar refractivity (Wildman–Crippen MR) is 125 cm³/mol. The molecule has 3 heterocycles. The number of para-hydroxylation sites is 3. The highest BCUT2D eigenvalue weighted by atomic mass is 32.2. The van der Waals surface area contributed by atoms with Crippen molar-refractivity contribution in [1.82, 2.24) is 19.4 Å². The zero-order chi connectivity index (χ0) is 20.5. The molecule has 0 aliphatic carbocycles. The molecule has 1 aliphatic rings. The Labute approximate surface area is 184 Å². The largest absolute Gasteiger partial charge is 0.340 e. The highest BCUT2D eigenvalue weighted by molar-refractivity contribution is 7.97. The van der Waals surface area contributed by atoms with Crippen molar-refractivity contribution in [3.05, 3.63) is 59.4 Å². The van der Waals surface area contributed by atoms with E-state index in [1.807, 2.05) is 29.2 Å². The predicted octanol–water partition coefficient (Wildman–Crippen LogP) is 4.92. The Morgan fingerprint density at radius 1 is 1.13 bits per heavy atom. The number of rotatable bonds is 5. The van der Waals surface area contributed by atoms with Gasteiger partial charge >= 0.3 is 0 Å². The van der Waals surface area contributed by atoms with Crippen molar-refractivity contribution in [3.63, 3.8) is 0 Å². The lowest BCUT2D eigenvalue weighted by Gasteiger charge is -2.32. The minimum absolute atomic E-state index is 0.173. The number of imidazole rings is 1. The first kappa shape index (κ1) is 19.6. The second-order valence-corrected chi connectivity index (χ2v) is 9.66. The standard InChI is InChI=1S/C23H24N4OS2/c1-29-15-21-24-17-8-2-4-10-19(17)27(21)14-22(28)26-12-6-7-16(13-26)23-25-18-9-3-5-11-20(18)30-23/h2-5,8-11,16H,6-7,12-15H2,1H3. The van der Waals surface area contributed by atoms with E-state index >= 15 is 0 Å². The number of piperidine rings is 1. The van der Waals surface area contributed by atoms with Crippen LogP contribution < -0.4 is 0 Å². The Morgan fingerprint density at radius 2 is 1.93 bits per heavy atom. The minimum Gasteiger partial charge on any atom is -0.340 e. The average molecular weight is 437 g/mol. The van der Waals surface area contributed by atoms with Crippen LogP contribution in [0.15, 0.2) is 48.5 Å². The van der Waals surface area contributed by atoms with Gasteiger partial charge in [0.15, 0.2) is 0 Å². The van der Waals surface area contributed by atoms with Crippen molar-refractivity contribution < 1.29 is 4.79 Å². The van der Waals surface area contributed by atoms with Gasteiger partial charge in [0.2, 0.25) is 5.91 Å². The maximum atomic E-state index is 13.3. The van der Waals surface area contributed by atoms with Crippen molar-refractivity contribution in [2.75, 3.05) is 19.3 Å². The number of hydrogen-bond donors (Lipinski definition) is 0. The summed E-state index contributed by atoms with van der Waals surface area (Å²) in [7, 11) is 0. The van der Waals surface area contributed by atoms with Gasteiger partial charge in [0.05, 0.1) is 32.0 Å². The van der Waals surface area contributed by atoms with Crippen LogP contribution in [0.1, 0.15) is 29.6 Å². The molecule has 2 aromatic carbocycles. The van der Waals surface area contributed by atoms with E-state index in [-0.39, 0.29) is 5.91 Å². The molecule has 2 aromatic heterocycles. The molecule has 0 radical (unpaired) electrons. The van der Waals surface area contributed by atoms with Crippen LogP contribution in [0.25, 0.3) is 21.3 Å². The van der Waals surface area contributed by atoms with Crippen molar-refractivity contribution in [2.45, 2.75) is 31.1 Å². The third-order valence-corrected chi connectivity index (χ3v) is 7.48. The van der Waals surface area contributed by atoms with Gasteiger partial charge in [0, 0.05) is 19.0 Å². The topological polar surface area (TPSA) is 51.0 Å². The number of thiazole rings is 1. The fraction of sp³-hybridized carbons (Fsp3) is 0.348. The number of hydrogen-bond acceptors (Lipinski definition) is 5. The highest BCUT2D eigenvalue weighted by Gasteiger charge is 2.27. The molecule has 0 bridgehead atoms. The van der Waals surface area contributed by atoms with Crippen LogP contribution in [0.4, 0.5) is 0 Å². The van der Waals surface area contributed by atoms with Crippen LogP contribution >= 0.6 is 23.1 Å². The molecule has 0 saturated carbocycles. The molecule has 1 fully saturated rings. The normalized spacial score (nSPS) is 17.1. The van der Waals surface area contributed by atoms with Crippen LogP contribution in [-0.4, -0.2) is 44.7 Å². The van der Waals surface area contributed by atoms with E-state index in [1.165, 1.54) is 4.70 Å². The lowest BCUT2D eigenvalue weighted by Crippen LogP contribution is -2.41. The van der Waals surface area contributed by atoms with Gasteiger partial charge in [-0.05, 0) is 43.4 Å². The van der Waals surface area contributed by atoms with Gasteiger partial charge < -0.3 is 9.47 Å². The molecule has 1 aliphatic heterocycles. The van der Waals surface area contributed by atoms with Crippen molar-refractivity contribution in [1.29, 1.82) is 0 Å². The van der Waals surface area contributed by atoms with Gasteiger partial charge in [0.1, 0.15) is 12.4 Å². The van der Waals surface area contributed by atoms with E-state index in [9.17, 15) is 4.79 Å². The second-order valence-electron chi connectivity index (χ2n) is 7.73. The number of aromatic nitrogens is 3. The van der Waals surface area contributed by atoms with E-state index in [2.05, 4.69) is 35.1 Å². The number of amides is 1. The number of fused-ring (bicyclic) bond motifs is 2. The van der Waals surface area contributed by atoms with Crippen molar-refractivity contribution in [3.8, 4) is 0 Å². The monoisotopic (exact) mass is 436 g/mol. The molecular weight excluding hydrogens is 412 g/mol. The SMILES string of the molecule is CSCc1nc2ccccc2n1CC(=O)N1CCCC(c2nc3ccccc3s2)C1. The zero-order valence-electron chi connectivity index (χ0n) is 17.0. The van der Waals surface area contributed by atoms with Gasteiger partial charge in [-0.2, -0.15) is 11.8 Å². The molecule has 0 spiro atoms. The summed E-state index contributed by atoms with van der Waals surface area (Å²) in [6.45, 7) is 1.93. The van der Waals surface area contributed by atoms with Gasteiger partial charge in [-0.3, -0.25) is 4.79 Å². The van der Waals surface area contributed by atoms with Crippen molar-refractivity contribution in [2.24, 2.45) is 0 Å². The molecule has 1 saturated heterocycles. The third kappa shape index (κ3) is 3.72. The number of nitrogens with zero attached hydrogens (tertiary/aromatic N) is 4. The molecule has 7 heteroatoms. The van der Waals surface area contributed by atoms with E-state index in [0.29, 0.717) is 12.5 Å². The van der Waals surface area contributed by atoms with Gasteiger partial charge in [0.25, 0.3) is 0 Å². The van der Waals surface area contributed by atoms with Gasteiger partial charge in [-0.15, -0.1) is 11.3 Å². The molecule has 1 unspecified atom stereocenters. The smallest absolute Gasteiger partial charge is 0.242 e. The number of thioether (sulfide) groups is 1. The molecule has 1 atom stereocenters. The molecule has 5 rings (SSSR count). The Kier molecular flexibility index (Phi) is 5.48. The van der Waals surface area contributed by atoms with Crippen LogP contribution in [0.3, 0.4) is 0 Å². The van der Waals surface area contributed by atoms with Gasteiger partial charge in [-0.1, -0.05) is 24.3 Å². The quantitative estimate of drug-likeness (QED) is 0.446. The molecular formula is C23H24N4OS2. The van der Waals surface area contributed by atoms with Gasteiger partial charge in [-0.25, -0.2) is 9.97 Å². The Bertz CT molecular complexity index is 1170. The first-order chi connectivity index (χ1) is 14.7. The number of benzene rings is 2. The van der Waals surface area contributed by atoms with E-state index in [0.717, 1.165) is 59.1 Å². The highest BCUT2D eigenvalue weighted by Crippen LogP contribution is 2.33. The third-order valence-electron chi connectivity index (χ3n) is 5.73. The zero-order valence-corrected chi connectivity index (χ0v) is 18.6. The number of carbonyl (C=O) groups is 1. The maximum Gasteiger partial charge on any atom is 0.242 e. The Balaban J connectivity index is 1.36. The summed E-state index contributed by atoms with van der Waals surface area (Å²) in [4.78, 5) is 24.9. The fourth-order valence-corrected chi connectivity index (χ4v) is 5.82. The summed E-state index contributed by atoms with van der Waals surface area (Å²) in [6.07, 6.45) is 4.18. The lowest BCUT2D eigenvalue weighted by molar-refractivity contribution is -0.133. The fourth-order valence-electron chi connectivity index (χ4n) is 4.25. The summed E-state index contributed by atoms with van der Waals surface area (Å²) in [5.41, 5.74) is 3.06. The van der Waals surface area contributed by atoms with E-state index < -0.39 is 0 Å². The Hall–Kier alpha value is -2.38. The molecule has 5 nitrogen and oxygen atoms in total. The molecule has 0 N–H and O–H groups in total.